The molecule has 1 unspecified atom stereocenters. The summed E-state index contributed by atoms with van der Waals surface area (Å²) < 4.78 is 0. The van der Waals surface area contributed by atoms with Gasteiger partial charge in [-0.05, 0) is 25.3 Å². The summed E-state index contributed by atoms with van der Waals surface area (Å²) in [6, 6.07) is 3.03. The number of nitrogens with two attached hydrogens (primary N) is 1. The standard InChI is InChI=1S/C12H19N3O2S/c1-8(2)14-10(16)7-15(3)12(17)11(13)9-5-4-6-18-9/h4-6,8,11H,7,13H2,1-3H3,(H,14,16). The van der Waals surface area contributed by atoms with E-state index in [4.69, 9.17) is 5.73 Å². The molecule has 0 aliphatic heterocycles. The van der Waals surface area contributed by atoms with Crippen molar-refractivity contribution in [3.8, 4) is 0 Å². The second kappa shape index (κ2) is 6.51. The van der Waals surface area contributed by atoms with Crippen LogP contribution in [0.2, 0.25) is 0 Å². The van der Waals surface area contributed by atoms with Gasteiger partial charge in [-0.2, -0.15) is 0 Å². The van der Waals surface area contributed by atoms with Gasteiger partial charge in [0, 0.05) is 18.0 Å². The van der Waals surface area contributed by atoms with Gasteiger partial charge in [0.25, 0.3) is 0 Å². The number of carbonyl (C=O) groups excluding carboxylic acids is 2. The highest BCUT2D eigenvalue weighted by Gasteiger charge is 2.22. The predicted molar refractivity (Wildman–Crippen MR) is 72.2 cm³/mol. The van der Waals surface area contributed by atoms with Crippen molar-refractivity contribution >= 4 is 23.2 Å². The first-order valence-corrected chi connectivity index (χ1v) is 6.63. The number of carbonyl (C=O) groups is 2. The van der Waals surface area contributed by atoms with Crippen molar-refractivity contribution in [1.82, 2.24) is 10.2 Å². The van der Waals surface area contributed by atoms with Crippen LogP contribution in [0.15, 0.2) is 17.5 Å². The summed E-state index contributed by atoms with van der Waals surface area (Å²) in [5, 5.41) is 4.60. The lowest BCUT2D eigenvalue weighted by atomic mass is 10.2. The van der Waals surface area contributed by atoms with E-state index in [1.807, 2.05) is 31.4 Å². The van der Waals surface area contributed by atoms with Crippen LogP contribution in [0, 0.1) is 0 Å². The molecule has 1 atom stereocenters. The summed E-state index contributed by atoms with van der Waals surface area (Å²) in [5.74, 6) is -0.435. The third-order valence-electron chi connectivity index (χ3n) is 2.32. The van der Waals surface area contributed by atoms with E-state index in [2.05, 4.69) is 5.32 Å². The van der Waals surface area contributed by atoms with Crippen molar-refractivity contribution in [3.63, 3.8) is 0 Å². The topological polar surface area (TPSA) is 75.4 Å². The number of hydrogen-bond donors (Lipinski definition) is 2. The molecule has 0 aromatic carbocycles. The zero-order valence-electron chi connectivity index (χ0n) is 10.8. The Kier molecular flexibility index (Phi) is 5.30. The molecular weight excluding hydrogens is 250 g/mol. The summed E-state index contributed by atoms with van der Waals surface area (Å²) in [7, 11) is 1.58. The molecule has 5 nitrogen and oxygen atoms in total. The molecule has 0 aliphatic rings. The van der Waals surface area contributed by atoms with E-state index in [9.17, 15) is 9.59 Å². The number of nitrogens with zero attached hydrogens (tertiary/aromatic N) is 1. The van der Waals surface area contributed by atoms with Gasteiger partial charge in [0.05, 0.1) is 6.54 Å². The van der Waals surface area contributed by atoms with Crippen LogP contribution in [0.3, 0.4) is 0 Å². The molecule has 6 heteroatoms. The van der Waals surface area contributed by atoms with Crippen molar-refractivity contribution in [2.75, 3.05) is 13.6 Å². The fourth-order valence-electron chi connectivity index (χ4n) is 1.49. The van der Waals surface area contributed by atoms with E-state index >= 15 is 0 Å². The summed E-state index contributed by atoms with van der Waals surface area (Å²) in [5.41, 5.74) is 5.85. The molecule has 2 amide bonds. The molecule has 3 N–H and O–H groups in total. The quantitative estimate of drug-likeness (QED) is 0.827. The van der Waals surface area contributed by atoms with Gasteiger partial charge in [-0.25, -0.2) is 0 Å². The summed E-state index contributed by atoms with van der Waals surface area (Å²) >= 11 is 1.43. The van der Waals surface area contributed by atoms with Gasteiger partial charge in [0.15, 0.2) is 0 Å². The Morgan fingerprint density at radius 2 is 2.17 bits per heavy atom. The molecule has 1 heterocycles. The molecule has 0 radical (unpaired) electrons. The van der Waals surface area contributed by atoms with Crippen LogP contribution in [-0.4, -0.2) is 36.3 Å². The largest absolute Gasteiger partial charge is 0.352 e. The molecule has 0 spiro atoms. The molecule has 0 saturated heterocycles. The Labute approximate surface area is 111 Å². The molecule has 1 rings (SSSR count). The Balaban J connectivity index is 2.54. The third-order valence-corrected chi connectivity index (χ3v) is 3.28. The van der Waals surface area contributed by atoms with E-state index in [1.54, 1.807) is 7.05 Å². The molecule has 100 valence electrons. The minimum atomic E-state index is -0.693. The Morgan fingerprint density at radius 1 is 1.50 bits per heavy atom. The predicted octanol–water partition coefficient (Wildman–Crippen LogP) is 0.731. The number of rotatable bonds is 5. The van der Waals surface area contributed by atoms with E-state index < -0.39 is 6.04 Å². The van der Waals surface area contributed by atoms with Gasteiger partial charge in [0.1, 0.15) is 6.04 Å². The molecule has 1 aromatic rings. The first-order chi connectivity index (χ1) is 8.41. The maximum Gasteiger partial charge on any atom is 0.245 e. The molecule has 0 fully saturated rings. The van der Waals surface area contributed by atoms with Crippen molar-refractivity contribution in [2.45, 2.75) is 25.9 Å². The molecule has 1 aromatic heterocycles. The van der Waals surface area contributed by atoms with Crippen LogP contribution in [0.5, 0.6) is 0 Å². The first kappa shape index (κ1) is 14.7. The lowest BCUT2D eigenvalue weighted by Gasteiger charge is -2.20. The van der Waals surface area contributed by atoms with E-state index in [-0.39, 0.29) is 24.4 Å². The highest BCUT2D eigenvalue weighted by molar-refractivity contribution is 7.10. The fourth-order valence-corrected chi connectivity index (χ4v) is 2.21. The SMILES string of the molecule is CC(C)NC(=O)CN(C)C(=O)C(N)c1cccs1. The Hall–Kier alpha value is -1.40. The molecule has 0 saturated carbocycles. The monoisotopic (exact) mass is 269 g/mol. The van der Waals surface area contributed by atoms with E-state index in [1.165, 1.54) is 16.2 Å². The first-order valence-electron chi connectivity index (χ1n) is 5.75. The normalized spacial score (nSPS) is 12.3. The number of thiophene rings is 1. The highest BCUT2D eigenvalue weighted by atomic mass is 32.1. The molecule has 0 aliphatic carbocycles. The van der Waals surface area contributed by atoms with Gasteiger partial charge in [-0.15, -0.1) is 11.3 Å². The van der Waals surface area contributed by atoms with Gasteiger partial charge < -0.3 is 16.0 Å². The minimum Gasteiger partial charge on any atom is -0.352 e. The van der Waals surface area contributed by atoms with Crippen molar-refractivity contribution in [3.05, 3.63) is 22.4 Å². The second-order valence-electron chi connectivity index (χ2n) is 4.41. The van der Waals surface area contributed by atoms with E-state index in [0.717, 1.165) is 4.88 Å². The average Bonchev–Trinajstić information content (AvgIpc) is 2.78. The highest BCUT2D eigenvalue weighted by Crippen LogP contribution is 2.18. The number of hydrogen-bond acceptors (Lipinski definition) is 4. The Bertz CT molecular complexity index is 403. The third kappa shape index (κ3) is 4.12. The van der Waals surface area contributed by atoms with Crippen molar-refractivity contribution in [2.24, 2.45) is 5.73 Å². The van der Waals surface area contributed by atoms with Crippen LogP contribution in [0.4, 0.5) is 0 Å². The maximum absolute atomic E-state index is 12.0. The summed E-state index contributed by atoms with van der Waals surface area (Å²) in [6.07, 6.45) is 0. The number of nitrogens with one attached hydrogen (secondary N) is 1. The molecular formula is C12H19N3O2S. The minimum absolute atomic E-state index is 0.0239. The smallest absolute Gasteiger partial charge is 0.245 e. The summed E-state index contributed by atoms with van der Waals surface area (Å²) in [4.78, 5) is 25.7. The van der Waals surface area contributed by atoms with Crippen LogP contribution in [-0.2, 0) is 9.59 Å². The number of likely N-dealkylation sites (N-methyl/N-ethyl adjacent to an activating group) is 1. The van der Waals surface area contributed by atoms with Crippen molar-refractivity contribution < 1.29 is 9.59 Å². The lowest BCUT2D eigenvalue weighted by Crippen LogP contribution is -2.43. The van der Waals surface area contributed by atoms with Gasteiger partial charge in [-0.1, -0.05) is 6.07 Å². The van der Waals surface area contributed by atoms with Crippen LogP contribution < -0.4 is 11.1 Å². The number of amides is 2. The fraction of sp³-hybridized carbons (Fsp3) is 0.500. The Morgan fingerprint density at radius 3 is 2.67 bits per heavy atom. The average molecular weight is 269 g/mol. The van der Waals surface area contributed by atoms with Crippen LogP contribution in [0.25, 0.3) is 0 Å². The zero-order chi connectivity index (χ0) is 13.7. The lowest BCUT2D eigenvalue weighted by molar-refractivity contribution is -0.136. The molecule has 18 heavy (non-hydrogen) atoms. The molecule has 0 bridgehead atoms. The second-order valence-corrected chi connectivity index (χ2v) is 5.39. The van der Waals surface area contributed by atoms with Gasteiger partial charge in [0.2, 0.25) is 11.8 Å². The van der Waals surface area contributed by atoms with E-state index in [0.29, 0.717) is 0 Å². The van der Waals surface area contributed by atoms with Gasteiger partial charge >= 0.3 is 0 Å². The van der Waals surface area contributed by atoms with Crippen LogP contribution in [0.1, 0.15) is 24.8 Å². The zero-order valence-corrected chi connectivity index (χ0v) is 11.7. The van der Waals surface area contributed by atoms with Gasteiger partial charge in [-0.3, -0.25) is 9.59 Å². The van der Waals surface area contributed by atoms with Crippen LogP contribution >= 0.6 is 11.3 Å². The van der Waals surface area contributed by atoms with Crippen molar-refractivity contribution in [1.29, 1.82) is 0 Å². The maximum atomic E-state index is 12.0. The summed E-state index contributed by atoms with van der Waals surface area (Å²) in [6.45, 7) is 3.77.